The van der Waals surface area contributed by atoms with Gasteiger partial charge in [-0.25, -0.2) is 4.98 Å². The summed E-state index contributed by atoms with van der Waals surface area (Å²) in [5.41, 5.74) is 2.85. The number of aromatic nitrogens is 2. The molecular weight excluding hydrogens is 456 g/mol. The van der Waals surface area contributed by atoms with Gasteiger partial charge in [0.1, 0.15) is 17.4 Å². The largest absolute Gasteiger partial charge is 0.494 e. The van der Waals surface area contributed by atoms with Crippen molar-refractivity contribution in [2.75, 3.05) is 11.9 Å². The van der Waals surface area contributed by atoms with Crippen LogP contribution in [0.2, 0.25) is 5.02 Å². The van der Waals surface area contributed by atoms with Crippen LogP contribution >= 0.6 is 22.9 Å². The lowest BCUT2D eigenvalue weighted by Crippen LogP contribution is -2.13. The molecule has 0 bridgehead atoms. The van der Waals surface area contributed by atoms with Gasteiger partial charge in [-0.2, -0.15) is 5.26 Å². The summed E-state index contributed by atoms with van der Waals surface area (Å²) < 4.78 is 7.98. The predicted octanol–water partition coefficient (Wildman–Crippen LogP) is 6.07. The summed E-state index contributed by atoms with van der Waals surface area (Å²) in [7, 11) is 0. The van der Waals surface area contributed by atoms with Crippen molar-refractivity contribution in [1.29, 1.82) is 5.26 Å². The Kier molecular flexibility index (Phi) is 7.08. The van der Waals surface area contributed by atoms with E-state index < -0.39 is 5.91 Å². The van der Waals surface area contributed by atoms with Crippen LogP contribution in [-0.2, 0) is 11.3 Å². The maximum atomic E-state index is 12.5. The number of carbonyl (C=O) groups excluding carboxylic acids is 1. The van der Waals surface area contributed by atoms with Gasteiger partial charge in [0.2, 0.25) is 0 Å². The van der Waals surface area contributed by atoms with Crippen LogP contribution in [0.1, 0.15) is 17.5 Å². The fraction of sp³-hybridized carbons (Fsp3) is 0.160. The molecule has 2 aromatic heterocycles. The maximum absolute atomic E-state index is 12.5. The number of rotatable bonds is 8. The first-order chi connectivity index (χ1) is 16.0. The number of nitriles is 1. The van der Waals surface area contributed by atoms with E-state index in [1.54, 1.807) is 17.7 Å². The minimum atomic E-state index is -0.476. The lowest BCUT2D eigenvalue weighted by Gasteiger charge is -2.09. The molecule has 0 unspecified atom stereocenters. The van der Waals surface area contributed by atoms with Crippen molar-refractivity contribution in [3.63, 3.8) is 0 Å². The third-order valence-corrected chi connectivity index (χ3v) is 6.19. The SMILES string of the molecule is Cc1cc(OCCCn2cc(C=C(C#N)C(=O)Nc3nccs3)c3ccccc32)ccc1Cl. The number of aryl methyl sites for hydroxylation is 2. The molecule has 2 aromatic carbocycles. The smallest absolute Gasteiger partial charge is 0.268 e. The molecule has 1 N–H and O–H groups in total. The molecule has 0 saturated heterocycles. The summed E-state index contributed by atoms with van der Waals surface area (Å²) in [4.78, 5) is 16.5. The number of nitrogens with one attached hydrogen (secondary N) is 1. The van der Waals surface area contributed by atoms with Crippen LogP contribution in [0, 0.1) is 18.3 Å². The van der Waals surface area contributed by atoms with Crippen LogP contribution in [0.15, 0.2) is 65.8 Å². The standard InChI is InChI=1S/C25H21ClN4O2S/c1-17-13-20(7-8-22(17)26)32-11-4-10-30-16-19(21-5-2-3-6-23(21)30)14-18(15-27)24(31)29-25-28-9-12-33-25/h2-3,5-9,12-14,16H,4,10-11H2,1H3,(H,28,29,31). The second-order valence-electron chi connectivity index (χ2n) is 7.37. The molecule has 4 rings (SSSR count). The third-order valence-electron chi connectivity index (χ3n) is 5.08. The summed E-state index contributed by atoms with van der Waals surface area (Å²) in [6.45, 7) is 3.23. The summed E-state index contributed by atoms with van der Waals surface area (Å²) in [5.74, 6) is 0.318. The molecule has 0 aliphatic rings. The molecule has 0 aliphatic carbocycles. The first-order valence-electron chi connectivity index (χ1n) is 10.3. The van der Waals surface area contributed by atoms with Crippen LogP contribution in [0.4, 0.5) is 5.13 Å². The second-order valence-corrected chi connectivity index (χ2v) is 8.67. The molecule has 0 saturated carbocycles. The Hall–Kier alpha value is -3.60. The van der Waals surface area contributed by atoms with Crippen molar-refractivity contribution >= 4 is 51.0 Å². The van der Waals surface area contributed by atoms with E-state index in [2.05, 4.69) is 14.9 Å². The Morgan fingerprint density at radius 1 is 1.33 bits per heavy atom. The minimum absolute atomic E-state index is 0.0227. The number of hydrogen-bond donors (Lipinski definition) is 1. The number of carbonyl (C=O) groups is 1. The lowest BCUT2D eigenvalue weighted by molar-refractivity contribution is -0.112. The van der Waals surface area contributed by atoms with Crippen LogP contribution < -0.4 is 10.1 Å². The number of para-hydroxylation sites is 1. The van der Waals surface area contributed by atoms with E-state index in [0.29, 0.717) is 11.7 Å². The average molecular weight is 477 g/mol. The monoisotopic (exact) mass is 476 g/mol. The molecule has 1 amide bonds. The van der Waals surface area contributed by atoms with E-state index in [1.807, 2.05) is 61.7 Å². The van der Waals surface area contributed by atoms with Crippen molar-refractivity contribution in [1.82, 2.24) is 9.55 Å². The van der Waals surface area contributed by atoms with Gasteiger partial charge in [-0.3, -0.25) is 10.1 Å². The van der Waals surface area contributed by atoms with E-state index in [4.69, 9.17) is 16.3 Å². The summed E-state index contributed by atoms with van der Waals surface area (Å²) >= 11 is 7.37. The van der Waals surface area contributed by atoms with Crippen molar-refractivity contribution in [3.05, 3.63) is 82.0 Å². The molecule has 2 heterocycles. The molecule has 0 spiro atoms. The molecule has 0 radical (unpaired) electrons. The fourth-order valence-electron chi connectivity index (χ4n) is 3.46. The Morgan fingerprint density at radius 3 is 2.94 bits per heavy atom. The highest BCUT2D eigenvalue weighted by Crippen LogP contribution is 2.25. The third kappa shape index (κ3) is 5.43. The molecule has 166 valence electrons. The summed E-state index contributed by atoms with van der Waals surface area (Å²) in [6, 6.07) is 15.6. The number of ether oxygens (including phenoxy) is 1. The molecule has 0 aliphatic heterocycles. The Bertz CT molecular complexity index is 1350. The molecule has 33 heavy (non-hydrogen) atoms. The summed E-state index contributed by atoms with van der Waals surface area (Å²) in [5, 5.41) is 16.1. The van der Waals surface area contributed by atoms with Gasteiger partial charge in [-0.1, -0.05) is 29.8 Å². The van der Waals surface area contributed by atoms with Crippen LogP contribution in [-0.4, -0.2) is 22.1 Å². The highest BCUT2D eigenvalue weighted by Gasteiger charge is 2.13. The molecule has 6 nitrogen and oxygen atoms in total. The van der Waals surface area contributed by atoms with E-state index in [-0.39, 0.29) is 5.57 Å². The molecule has 8 heteroatoms. The highest BCUT2D eigenvalue weighted by molar-refractivity contribution is 7.13. The van der Waals surface area contributed by atoms with E-state index >= 15 is 0 Å². The van der Waals surface area contributed by atoms with Crippen molar-refractivity contribution < 1.29 is 9.53 Å². The Labute approximate surface area is 200 Å². The number of hydrogen-bond acceptors (Lipinski definition) is 5. The van der Waals surface area contributed by atoms with Crippen molar-refractivity contribution in [2.45, 2.75) is 19.9 Å². The van der Waals surface area contributed by atoms with Gasteiger partial charge in [-0.15, -0.1) is 11.3 Å². The van der Waals surface area contributed by atoms with Gasteiger partial charge in [0.25, 0.3) is 5.91 Å². The zero-order chi connectivity index (χ0) is 23.2. The fourth-order valence-corrected chi connectivity index (χ4v) is 4.10. The number of anilines is 1. The topological polar surface area (TPSA) is 79.9 Å². The van der Waals surface area contributed by atoms with Gasteiger partial charge in [0.05, 0.1) is 6.61 Å². The zero-order valence-electron chi connectivity index (χ0n) is 17.9. The molecule has 4 aromatic rings. The molecule has 0 atom stereocenters. The first-order valence-corrected chi connectivity index (χ1v) is 11.6. The average Bonchev–Trinajstić information content (AvgIpc) is 3.45. The van der Waals surface area contributed by atoms with Gasteiger partial charge in [0, 0.05) is 45.8 Å². The Balaban J connectivity index is 1.48. The zero-order valence-corrected chi connectivity index (χ0v) is 19.5. The predicted molar refractivity (Wildman–Crippen MR) is 133 cm³/mol. The number of benzene rings is 2. The molecular formula is C25H21ClN4O2S. The normalized spacial score (nSPS) is 11.4. The van der Waals surface area contributed by atoms with Crippen LogP contribution in [0.25, 0.3) is 17.0 Å². The number of amides is 1. The van der Waals surface area contributed by atoms with Crippen molar-refractivity contribution in [3.8, 4) is 11.8 Å². The number of halogens is 1. The quantitative estimate of drug-likeness (QED) is 0.190. The van der Waals surface area contributed by atoms with Gasteiger partial charge >= 0.3 is 0 Å². The number of nitrogens with zero attached hydrogens (tertiary/aromatic N) is 3. The Morgan fingerprint density at radius 2 is 2.18 bits per heavy atom. The van der Waals surface area contributed by atoms with Crippen LogP contribution in [0.5, 0.6) is 5.75 Å². The first kappa shape index (κ1) is 22.6. The van der Waals surface area contributed by atoms with E-state index in [9.17, 15) is 10.1 Å². The van der Waals surface area contributed by atoms with Gasteiger partial charge in [-0.05, 0) is 49.2 Å². The highest BCUT2D eigenvalue weighted by atomic mass is 35.5. The van der Waals surface area contributed by atoms with E-state index in [0.717, 1.165) is 45.8 Å². The van der Waals surface area contributed by atoms with Crippen molar-refractivity contribution in [2.24, 2.45) is 0 Å². The van der Waals surface area contributed by atoms with Crippen LogP contribution in [0.3, 0.4) is 0 Å². The maximum Gasteiger partial charge on any atom is 0.268 e. The number of thiazole rings is 1. The number of fused-ring (bicyclic) bond motifs is 1. The molecule has 0 fully saturated rings. The lowest BCUT2D eigenvalue weighted by atomic mass is 10.1. The van der Waals surface area contributed by atoms with Gasteiger partial charge in [0.15, 0.2) is 5.13 Å². The van der Waals surface area contributed by atoms with E-state index in [1.165, 1.54) is 11.3 Å². The minimum Gasteiger partial charge on any atom is -0.494 e. The van der Waals surface area contributed by atoms with Gasteiger partial charge < -0.3 is 9.30 Å². The second kappa shape index (κ2) is 10.3. The summed E-state index contributed by atoms with van der Waals surface area (Å²) in [6.07, 6.45) is 5.97.